The van der Waals surface area contributed by atoms with Crippen LogP contribution < -0.4 is 5.32 Å². The van der Waals surface area contributed by atoms with Crippen LogP contribution in [0.15, 0.2) is 24.3 Å². The van der Waals surface area contributed by atoms with E-state index in [4.69, 9.17) is 5.11 Å². The number of carbonyl (C=O) groups is 1. The number of ketones is 1. The summed E-state index contributed by atoms with van der Waals surface area (Å²) >= 11 is 1.83. The molecule has 0 atom stereocenters. The molecule has 0 aliphatic rings. The molecule has 0 saturated carbocycles. The fourth-order valence-corrected chi connectivity index (χ4v) is 2.30. The summed E-state index contributed by atoms with van der Waals surface area (Å²) in [5.74, 6) is 2.21. The van der Waals surface area contributed by atoms with Crippen molar-refractivity contribution in [3.05, 3.63) is 29.8 Å². The number of hydrogen-bond acceptors (Lipinski definition) is 4. The van der Waals surface area contributed by atoms with E-state index in [1.54, 1.807) is 0 Å². The third-order valence-corrected chi connectivity index (χ3v) is 3.62. The van der Waals surface area contributed by atoms with Gasteiger partial charge in [-0.2, -0.15) is 11.8 Å². The average molecular weight is 267 g/mol. The molecule has 0 fully saturated rings. The zero-order valence-corrected chi connectivity index (χ0v) is 11.6. The Morgan fingerprint density at radius 2 is 2.00 bits per heavy atom. The molecule has 0 aliphatic carbocycles. The molecule has 0 unspecified atom stereocenters. The molecule has 18 heavy (non-hydrogen) atoms. The van der Waals surface area contributed by atoms with Gasteiger partial charge in [0.1, 0.15) is 0 Å². The fourth-order valence-electron chi connectivity index (χ4n) is 1.51. The van der Waals surface area contributed by atoms with Crippen molar-refractivity contribution in [3.63, 3.8) is 0 Å². The molecule has 0 bridgehead atoms. The van der Waals surface area contributed by atoms with Crippen LogP contribution in [0.4, 0.5) is 5.69 Å². The number of anilines is 1. The summed E-state index contributed by atoms with van der Waals surface area (Å²) in [6.07, 6.45) is 1.41. The van der Waals surface area contributed by atoms with E-state index < -0.39 is 0 Å². The third kappa shape index (κ3) is 5.56. The highest BCUT2D eigenvalue weighted by Crippen LogP contribution is 2.11. The summed E-state index contributed by atoms with van der Waals surface area (Å²) < 4.78 is 0. The molecule has 0 aromatic heterocycles. The molecule has 0 spiro atoms. The van der Waals surface area contributed by atoms with Crippen LogP contribution in [0.1, 0.15) is 30.1 Å². The number of aliphatic hydroxyl groups excluding tert-OH is 1. The van der Waals surface area contributed by atoms with Crippen LogP contribution in [0.3, 0.4) is 0 Å². The van der Waals surface area contributed by atoms with Crippen molar-refractivity contribution < 1.29 is 9.90 Å². The molecule has 0 aliphatic heterocycles. The van der Waals surface area contributed by atoms with Gasteiger partial charge in [-0.05, 0) is 36.4 Å². The molecule has 0 amide bonds. The standard InChI is InChI=1S/C14H21NO2S/c1-2-14(17)12-4-6-13(7-5-12)15-8-11-18-10-3-9-16/h4-7,15-16H,2-3,8-11H2,1H3. The Morgan fingerprint density at radius 1 is 1.28 bits per heavy atom. The van der Waals surface area contributed by atoms with Crippen molar-refractivity contribution in [2.45, 2.75) is 19.8 Å². The predicted molar refractivity (Wildman–Crippen MR) is 78.6 cm³/mol. The van der Waals surface area contributed by atoms with Gasteiger partial charge in [0.25, 0.3) is 0 Å². The highest BCUT2D eigenvalue weighted by atomic mass is 32.2. The Balaban J connectivity index is 2.25. The Morgan fingerprint density at radius 3 is 2.61 bits per heavy atom. The van der Waals surface area contributed by atoms with Gasteiger partial charge in [-0.15, -0.1) is 0 Å². The Labute approximate surface area is 113 Å². The van der Waals surface area contributed by atoms with Crippen LogP contribution in [-0.4, -0.2) is 35.5 Å². The van der Waals surface area contributed by atoms with Crippen molar-refractivity contribution in [3.8, 4) is 0 Å². The smallest absolute Gasteiger partial charge is 0.162 e. The van der Waals surface area contributed by atoms with E-state index >= 15 is 0 Å². The molecule has 0 heterocycles. The third-order valence-electron chi connectivity index (χ3n) is 2.55. The van der Waals surface area contributed by atoms with Crippen molar-refractivity contribution in [1.29, 1.82) is 0 Å². The second-order valence-corrected chi connectivity index (χ2v) is 5.20. The number of hydrogen-bond donors (Lipinski definition) is 2. The van der Waals surface area contributed by atoms with Gasteiger partial charge in [0.2, 0.25) is 0 Å². The van der Waals surface area contributed by atoms with Gasteiger partial charge in [-0.25, -0.2) is 0 Å². The van der Waals surface area contributed by atoms with E-state index in [0.29, 0.717) is 6.42 Å². The number of benzene rings is 1. The monoisotopic (exact) mass is 267 g/mol. The van der Waals surface area contributed by atoms with E-state index in [0.717, 1.165) is 35.7 Å². The molecular weight excluding hydrogens is 246 g/mol. The van der Waals surface area contributed by atoms with Crippen LogP contribution in [-0.2, 0) is 0 Å². The first-order chi connectivity index (χ1) is 8.77. The number of carbonyl (C=O) groups excluding carboxylic acids is 1. The van der Waals surface area contributed by atoms with Gasteiger partial charge in [0, 0.05) is 36.6 Å². The van der Waals surface area contributed by atoms with E-state index in [1.165, 1.54) is 0 Å². The highest BCUT2D eigenvalue weighted by Gasteiger charge is 2.01. The SMILES string of the molecule is CCC(=O)c1ccc(NCCSCCCO)cc1. The summed E-state index contributed by atoms with van der Waals surface area (Å²) in [5, 5.41) is 11.9. The second-order valence-electron chi connectivity index (χ2n) is 3.97. The summed E-state index contributed by atoms with van der Waals surface area (Å²) in [7, 11) is 0. The van der Waals surface area contributed by atoms with Crippen LogP contribution >= 0.6 is 11.8 Å². The lowest BCUT2D eigenvalue weighted by Gasteiger charge is -2.06. The maximum atomic E-state index is 11.4. The highest BCUT2D eigenvalue weighted by molar-refractivity contribution is 7.99. The minimum Gasteiger partial charge on any atom is -0.396 e. The summed E-state index contributed by atoms with van der Waals surface area (Å²) in [6, 6.07) is 7.63. The van der Waals surface area contributed by atoms with Gasteiger partial charge in [0.05, 0.1) is 0 Å². The Kier molecular flexibility index (Phi) is 7.53. The summed E-state index contributed by atoms with van der Waals surface area (Å²) in [6.45, 7) is 3.04. The number of Topliss-reactive ketones (excluding diaryl/α,β-unsaturated/α-hetero) is 1. The number of nitrogens with one attached hydrogen (secondary N) is 1. The maximum Gasteiger partial charge on any atom is 0.162 e. The second kappa shape index (κ2) is 9.00. The molecule has 4 heteroatoms. The van der Waals surface area contributed by atoms with Gasteiger partial charge >= 0.3 is 0 Å². The van der Waals surface area contributed by atoms with Crippen LogP contribution in [0.2, 0.25) is 0 Å². The largest absolute Gasteiger partial charge is 0.396 e. The van der Waals surface area contributed by atoms with Crippen molar-refractivity contribution in [2.24, 2.45) is 0 Å². The molecule has 1 rings (SSSR count). The first-order valence-corrected chi connectivity index (χ1v) is 7.49. The minimum atomic E-state index is 0.182. The number of rotatable bonds is 9. The van der Waals surface area contributed by atoms with Crippen LogP contribution in [0.25, 0.3) is 0 Å². The average Bonchev–Trinajstić information content (AvgIpc) is 2.42. The molecule has 1 aromatic carbocycles. The quantitative estimate of drug-likeness (QED) is 0.533. The first-order valence-electron chi connectivity index (χ1n) is 6.33. The Bertz CT molecular complexity index is 351. The van der Waals surface area contributed by atoms with E-state index in [1.807, 2.05) is 43.0 Å². The number of thioether (sulfide) groups is 1. The van der Waals surface area contributed by atoms with Gasteiger partial charge in [-0.1, -0.05) is 6.92 Å². The normalized spacial score (nSPS) is 10.3. The zero-order valence-electron chi connectivity index (χ0n) is 10.8. The predicted octanol–water partition coefficient (Wildman–Crippen LogP) is 2.81. The first kappa shape index (κ1) is 15.1. The van der Waals surface area contributed by atoms with Gasteiger partial charge in [0.15, 0.2) is 5.78 Å². The Hall–Kier alpha value is -1.00. The topological polar surface area (TPSA) is 49.3 Å². The molecule has 2 N–H and O–H groups in total. The molecule has 1 aromatic rings. The molecular formula is C14H21NO2S. The maximum absolute atomic E-state index is 11.4. The minimum absolute atomic E-state index is 0.182. The molecule has 0 saturated heterocycles. The van der Waals surface area contributed by atoms with Gasteiger partial charge in [-0.3, -0.25) is 4.79 Å². The van der Waals surface area contributed by atoms with Gasteiger partial charge < -0.3 is 10.4 Å². The van der Waals surface area contributed by atoms with E-state index in [-0.39, 0.29) is 12.4 Å². The van der Waals surface area contributed by atoms with Crippen LogP contribution in [0, 0.1) is 0 Å². The number of aliphatic hydroxyl groups is 1. The summed E-state index contributed by atoms with van der Waals surface area (Å²) in [5.41, 5.74) is 1.82. The zero-order chi connectivity index (χ0) is 13.2. The summed E-state index contributed by atoms with van der Waals surface area (Å²) in [4.78, 5) is 11.4. The fraction of sp³-hybridized carbons (Fsp3) is 0.500. The van der Waals surface area contributed by atoms with E-state index in [2.05, 4.69) is 5.32 Å². The lowest BCUT2D eigenvalue weighted by atomic mass is 10.1. The molecule has 100 valence electrons. The lowest BCUT2D eigenvalue weighted by molar-refractivity contribution is 0.0988. The molecule has 3 nitrogen and oxygen atoms in total. The van der Waals surface area contributed by atoms with E-state index in [9.17, 15) is 4.79 Å². The lowest BCUT2D eigenvalue weighted by Crippen LogP contribution is -2.05. The van der Waals surface area contributed by atoms with Crippen molar-refractivity contribution >= 4 is 23.2 Å². The van der Waals surface area contributed by atoms with Crippen molar-refractivity contribution in [1.82, 2.24) is 0 Å². The van der Waals surface area contributed by atoms with Crippen LogP contribution in [0.5, 0.6) is 0 Å². The van der Waals surface area contributed by atoms with Crippen molar-refractivity contribution in [2.75, 3.05) is 30.0 Å². The molecule has 0 radical (unpaired) electrons.